The molecular weight excluding hydrogens is 405 g/mol. The van der Waals surface area contributed by atoms with Crippen LogP contribution in [0.3, 0.4) is 0 Å². The zero-order valence-corrected chi connectivity index (χ0v) is 13.8. The average Bonchev–Trinajstić information content (AvgIpc) is 2.71. The zero-order valence-electron chi connectivity index (χ0n) is 10.1. The van der Waals surface area contributed by atoms with Crippen LogP contribution in [0.25, 0.3) is 0 Å². The van der Waals surface area contributed by atoms with Crippen molar-refractivity contribution in [3.8, 4) is 0 Å². The first-order valence-corrected chi connectivity index (χ1v) is 7.73. The second-order valence-corrected chi connectivity index (χ2v) is 6.12. The van der Waals surface area contributed by atoms with Gasteiger partial charge in [-0.15, -0.1) is 0 Å². The van der Waals surface area contributed by atoms with Crippen LogP contribution < -0.4 is 5.73 Å². The van der Waals surface area contributed by atoms with Gasteiger partial charge in [-0.1, -0.05) is 25.1 Å². The van der Waals surface area contributed by atoms with E-state index in [-0.39, 0.29) is 6.04 Å². The number of benzene rings is 1. The highest BCUT2D eigenvalue weighted by atomic mass is 127. The van der Waals surface area contributed by atoms with Crippen LogP contribution in [0.4, 0.5) is 0 Å². The summed E-state index contributed by atoms with van der Waals surface area (Å²) in [4.78, 5) is 0. The molecular formula is C13H15BrIN3. The van der Waals surface area contributed by atoms with Gasteiger partial charge < -0.3 is 5.73 Å². The van der Waals surface area contributed by atoms with Crippen LogP contribution in [-0.2, 0) is 6.54 Å². The normalized spacial score (nSPS) is 12.7. The molecule has 5 heteroatoms. The maximum Gasteiger partial charge on any atom is 0.0745 e. The van der Waals surface area contributed by atoms with E-state index in [1.165, 1.54) is 3.57 Å². The summed E-state index contributed by atoms with van der Waals surface area (Å²) in [6, 6.07) is 8.04. The van der Waals surface area contributed by atoms with E-state index in [2.05, 4.69) is 62.7 Å². The maximum absolute atomic E-state index is 6.40. The number of halogens is 2. The minimum absolute atomic E-state index is 0.151. The Hall–Kier alpha value is -0.400. The molecule has 1 heterocycles. The predicted molar refractivity (Wildman–Crippen MR) is 85.4 cm³/mol. The Bertz CT molecular complexity index is 539. The topological polar surface area (TPSA) is 43.8 Å². The van der Waals surface area contributed by atoms with E-state index in [1.54, 1.807) is 0 Å². The molecule has 0 saturated heterocycles. The van der Waals surface area contributed by atoms with Crippen molar-refractivity contribution in [2.24, 2.45) is 5.73 Å². The molecule has 2 N–H and O–H groups in total. The molecule has 0 amide bonds. The summed E-state index contributed by atoms with van der Waals surface area (Å²) in [7, 11) is 0. The summed E-state index contributed by atoms with van der Waals surface area (Å²) in [5.74, 6) is 0. The quantitative estimate of drug-likeness (QED) is 0.767. The molecule has 0 fully saturated rings. The molecule has 0 saturated carbocycles. The summed E-state index contributed by atoms with van der Waals surface area (Å²) in [5, 5.41) is 4.37. The van der Waals surface area contributed by atoms with Gasteiger partial charge in [-0.25, -0.2) is 0 Å². The van der Waals surface area contributed by atoms with E-state index in [1.807, 2.05) is 23.0 Å². The summed E-state index contributed by atoms with van der Waals surface area (Å²) < 4.78 is 4.14. The van der Waals surface area contributed by atoms with Crippen molar-refractivity contribution in [2.75, 3.05) is 0 Å². The number of hydrogen-bond acceptors (Lipinski definition) is 2. The first-order valence-electron chi connectivity index (χ1n) is 5.86. The van der Waals surface area contributed by atoms with E-state index in [0.29, 0.717) is 0 Å². The molecule has 0 aliphatic rings. The number of nitrogens with two attached hydrogens (primary N) is 1. The van der Waals surface area contributed by atoms with E-state index in [9.17, 15) is 0 Å². The Morgan fingerprint density at radius 2 is 2.17 bits per heavy atom. The van der Waals surface area contributed by atoms with Crippen LogP contribution in [0.5, 0.6) is 0 Å². The summed E-state index contributed by atoms with van der Waals surface area (Å²) in [5.41, 5.74) is 8.58. The SMILES string of the molecule is CCCn1ncc(Br)c1C(N)c1ccccc1I. The monoisotopic (exact) mass is 419 g/mol. The van der Waals surface area contributed by atoms with Gasteiger partial charge in [-0.3, -0.25) is 4.68 Å². The van der Waals surface area contributed by atoms with E-state index in [0.717, 1.165) is 28.7 Å². The van der Waals surface area contributed by atoms with Gasteiger partial charge >= 0.3 is 0 Å². The Labute approximate surface area is 129 Å². The smallest absolute Gasteiger partial charge is 0.0745 e. The van der Waals surface area contributed by atoms with Crippen LogP contribution in [-0.4, -0.2) is 9.78 Å². The van der Waals surface area contributed by atoms with Crippen molar-refractivity contribution in [1.82, 2.24) is 9.78 Å². The molecule has 1 aromatic heterocycles. The van der Waals surface area contributed by atoms with Crippen LogP contribution in [0, 0.1) is 3.57 Å². The molecule has 1 unspecified atom stereocenters. The van der Waals surface area contributed by atoms with Crippen molar-refractivity contribution in [3.63, 3.8) is 0 Å². The zero-order chi connectivity index (χ0) is 13.1. The lowest BCUT2D eigenvalue weighted by Gasteiger charge is -2.16. The fraction of sp³-hybridized carbons (Fsp3) is 0.308. The molecule has 1 atom stereocenters. The first kappa shape index (κ1) is 14.0. The largest absolute Gasteiger partial charge is 0.319 e. The number of rotatable bonds is 4. The number of nitrogens with zero attached hydrogens (tertiary/aromatic N) is 2. The molecule has 1 aromatic carbocycles. The molecule has 2 aromatic rings. The van der Waals surface area contributed by atoms with Gasteiger partial charge in [0.25, 0.3) is 0 Å². The van der Waals surface area contributed by atoms with Crippen LogP contribution in [0.15, 0.2) is 34.9 Å². The molecule has 96 valence electrons. The van der Waals surface area contributed by atoms with Gasteiger partial charge in [0, 0.05) is 10.1 Å². The van der Waals surface area contributed by atoms with Gasteiger partial charge in [-0.05, 0) is 56.6 Å². The molecule has 0 aliphatic carbocycles. The van der Waals surface area contributed by atoms with Gasteiger partial charge in [0.1, 0.15) is 0 Å². The molecule has 0 aliphatic heterocycles. The molecule has 2 rings (SSSR count). The number of aromatic nitrogens is 2. The highest BCUT2D eigenvalue weighted by Gasteiger charge is 2.19. The first-order chi connectivity index (χ1) is 8.65. The Morgan fingerprint density at radius 1 is 1.44 bits per heavy atom. The van der Waals surface area contributed by atoms with Crippen molar-refractivity contribution >= 4 is 38.5 Å². The Balaban J connectivity index is 2.42. The highest BCUT2D eigenvalue weighted by Crippen LogP contribution is 2.29. The maximum atomic E-state index is 6.40. The molecule has 3 nitrogen and oxygen atoms in total. The lowest BCUT2D eigenvalue weighted by atomic mass is 10.0. The second kappa shape index (κ2) is 6.16. The van der Waals surface area contributed by atoms with Gasteiger partial charge in [0.2, 0.25) is 0 Å². The Kier molecular flexibility index (Phi) is 4.80. The van der Waals surface area contributed by atoms with Crippen molar-refractivity contribution in [1.29, 1.82) is 0 Å². The van der Waals surface area contributed by atoms with Crippen molar-refractivity contribution < 1.29 is 0 Å². The average molecular weight is 420 g/mol. The molecule has 0 bridgehead atoms. The summed E-state index contributed by atoms with van der Waals surface area (Å²) in [6.07, 6.45) is 2.86. The molecule has 0 radical (unpaired) electrons. The summed E-state index contributed by atoms with van der Waals surface area (Å²) >= 11 is 5.86. The third kappa shape index (κ3) is 2.78. The van der Waals surface area contributed by atoms with Crippen molar-refractivity contribution in [2.45, 2.75) is 25.9 Å². The minimum atomic E-state index is -0.151. The fourth-order valence-corrected chi connectivity index (χ4v) is 3.21. The van der Waals surface area contributed by atoms with Gasteiger partial charge in [0.05, 0.1) is 22.4 Å². The number of hydrogen-bond donors (Lipinski definition) is 1. The van der Waals surface area contributed by atoms with Gasteiger partial charge in [-0.2, -0.15) is 5.10 Å². The van der Waals surface area contributed by atoms with Crippen LogP contribution in [0.1, 0.15) is 30.6 Å². The predicted octanol–water partition coefficient (Wildman–Crippen LogP) is 3.71. The number of aryl methyl sites for hydroxylation is 1. The van der Waals surface area contributed by atoms with Crippen LogP contribution >= 0.6 is 38.5 Å². The van der Waals surface area contributed by atoms with E-state index >= 15 is 0 Å². The van der Waals surface area contributed by atoms with Gasteiger partial charge in [0.15, 0.2) is 0 Å². The summed E-state index contributed by atoms with van der Waals surface area (Å²) in [6.45, 7) is 3.02. The van der Waals surface area contributed by atoms with E-state index in [4.69, 9.17) is 5.73 Å². The van der Waals surface area contributed by atoms with Crippen LogP contribution in [0.2, 0.25) is 0 Å². The lowest BCUT2D eigenvalue weighted by Crippen LogP contribution is -2.19. The standard InChI is InChI=1S/C13H15BrIN3/c1-2-7-18-13(10(14)8-17-18)12(16)9-5-3-4-6-11(9)15/h3-6,8,12H,2,7,16H2,1H3. The van der Waals surface area contributed by atoms with Crippen molar-refractivity contribution in [3.05, 3.63) is 49.8 Å². The lowest BCUT2D eigenvalue weighted by molar-refractivity contribution is 0.558. The highest BCUT2D eigenvalue weighted by molar-refractivity contribution is 14.1. The third-order valence-corrected chi connectivity index (χ3v) is 4.40. The fourth-order valence-electron chi connectivity index (χ4n) is 1.95. The second-order valence-electron chi connectivity index (χ2n) is 4.10. The third-order valence-electron chi connectivity index (χ3n) is 2.80. The Morgan fingerprint density at radius 3 is 2.83 bits per heavy atom. The molecule has 18 heavy (non-hydrogen) atoms. The molecule has 0 spiro atoms. The van der Waals surface area contributed by atoms with E-state index < -0.39 is 0 Å². The minimum Gasteiger partial charge on any atom is -0.319 e.